The molecule has 101 valence electrons. The van der Waals surface area contributed by atoms with Crippen molar-refractivity contribution in [1.29, 1.82) is 0 Å². The Kier molecular flexibility index (Phi) is 4.56. The summed E-state index contributed by atoms with van der Waals surface area (Å²) in [6.07, 6.45) is 3.69. The third kappa shape index (κ3) is 3.72. The van der Waals surface area contributed by atoms with Crippen molar-refractivity contribution in [3.63, 3.8) is 0 Å². The zero-order valence-electron chi connectivity index (χ0n) is 11.1. The number of anilines is 1. The second-order valence-electron chi connectivity index (χ2n) is 4.33. The van der Waals surface area contributed by atoms with Crippen molar-refractivity contribution < 1.29 is 9.53 Å². The zero-order chi connectivity index (χ0) is 14.4. The van der Waals surface area contributed by atoms with Gasteiger partial charge in [-0.3, -0.25) is 0 Å². The lowest BCUT2D eigenvalue weighted by Crippen LogP contribution is -2.07. The van der Waals surface area contributed by atoms with E-state index in [2.05, 4.69) is 6.92 Å². The lowest BCUT2D eigenvalue weighted by molar-refractivity contribution is 0.0549. The average molecular weight is 266 g/mol. The maximum absolute atomic E-state index is 11.9. The van der Waals surface area contributed by atoms with Gasteiger partial charge in [0, 0.05) is 5.69 Å². The lowest BCUT2D eigenvalue weighted by atomic mass is 10.1. The molecule has 0 aliphatic carbocycles. The number of nitrogen functional groups attached to an aromatic ring is 1. The van der Waals surface area contributed by atoms with E-state index in [1.807, 2.05) is 36.4 Å². The van der Waals surface area contributed by atoms with Gasteiger partial charge in [0.1, 0.15) is 6.61 Å². The molecule has 2 rings (SSSR count). The van der Waals surface area contributed by atoms with Crippen LogP contribution >= 0.6 is 0 Å². The van der Waals surface area contributed by atoms with Crippen LogP contribution < -0.4 is 5.73 Å². The second kappa shape index (κ2) is 6.57. The van der Waals surface area contributed by atoms with E-state index in [1.54, 1.807) is 24.3 Å². The summed E-state index contributed by atoms with van der Waals surface area (Å²) in [4.78, 5) is 11.9. The molecule has 3 heteroatoms. The molecule has 0 aliphatic rings. The smallest absolute Gasteiger partial charge is 0.338 e. The molecule has 0 aliphatic heterocycles. The Morgan fingerprint density at radius 2 is 1.95 bits per heavy atom. The van der Waals surface area contributed by atoms with Crippen LogP contribution in [0.2, 0.25) is 0 Å². The molecule has 0 saturated carbocycles. The van der Waals surface area contributed by atoms with E-state index >= 15 is 0 Å². The minimum Gasteiger partial charge on any atom is -0.458 e. The molecule has 20 heavy (non-hydrogen) atoms. The molecule has 0 bridgehead atoms. The Labute approximate surface area is 118 Å². The molecule has 3 nitrogen and oxygen atoms in total. The summed E-state index contributed by atoms with van der Waals surface area (Å²) in [6.45, 7) is 3.99. The van der Waals surface area contributed by atoms with Gasteiger partial charge in [-0.15, -0.1) is 0 Å². The molecule has 0 fully saturated rings. The molecular weight excluding hydrogens is 250 g/mol. The summed E-state index contributed by atoms with van der Waals surface area (Å²) in [6, 6.07) is 14.8. The van der Waals surface area contributed by atoms with Crippen LogP contribution in [0.3, 0.4) is 0 Å². The van der Waals surface area contributed by atoms with Crippen LogP contribution in [0.1, 0.15) is 21.5 Å². The maximum Gasteiger partial charge on any atom is 0.338 e. The molecule has 0 unspecified atom stereocenters. The van der Waals surface area contributed by atoms with Gasteiger partial charge >= 0.3 is 5.97 Å². The van der Waals surface area contributed by atoms with Gasteiger partial charge in [0.25, 0.3) is 0 Å². The first-order valence-corrected chi connectivity index (χ1v) is 6.27. The van der Waals surface area contributed by atoms with Gasteiger partial charge in [-0.2, -0.15) is 0 Å². The van der Waals surface area contributed by atoms with Crippen LogP contribution in [-0.2, 0) is 4.74 Å². The van der Waals surface area contributed by atoms with E-state index in [1.165, 1.54) is 0 Å². The predicted molar refractivity (Wildman–Crippen MR) is 81.1 cm³/mol. The molecule has 2 aromatic carbocycles. The second-order valence-corrected chi connectivity index (χ2v) is 4.33. The van der Waals surface area contributed by atoms with E-state index in [4.69, 9.17) is 10.5 Å². The van der Waals surface area contributed by atoms with Gasteiger partial charge in [0.2, 0.25) is 0 Å². The first-order valence-electron chi connectivity index (χ1n) is 6.27. The summed E-state index contributed by atoms with van der Waals surface area (Å²) >= 11 is 0. The van der Waals surface area contributed by atoms with Gasteiger partial charge in [-0.05, 0) is 36.3 Å². The van der Waals surface area contributed by atoms with Crippen LogP contribution in [0.4, 0.5) is 5.69 Å². The Morgan fingerprint density at radius 3 is 2.70 bits per heavy atom. The number of nitrogens with two attached hydrogens (primary N) is 1. The van der Waals surface area contributed by atoms with Crippen LogP contribution in [0.15, 0.2) is 54.6 Å². The lowest BCUT2D eigenvalue weighted by Gasteiger charge is -2.06. The van der Waals surface area contributed by atoms with Gasteiger partial charge in [0.15, 0.2) is 0 Å². The standard InChI is InChI=1S/C17H16NO2/c1-13-9-10-15(18)12-16(13)17(19)20-11-5-8-14-6-3-2-4-7-14/h2-10,12H,1,11,18H2/b8-5+. The van der Waals surface area contributed by atoms with Crippen molar-refractivity contribution in [1.82, 2.24) is 0 Å². The fraction of sp³-hybridized carbons (Fsp3) is 0.0588. The number of esters is 1. The molecule has 0 saturated heterocycles. The summed E-state index contributed by atoms with van der Waals surface area (Å²) in [7, 11) is 0. The van der Waals surface area contributed by atoms with E-state index in [0.717, 1.165) is 5.56 Å². The predicted octanol–water partition coefficient (Wildman–Crippen LogP) is 3.32. The molecule has 2 N–H and O–H groups in total. The van der Waals surface area contributed by atoms with Crippen LogP contribution in [0.25, 0.3) is 6.08 Å². The van der Waals surface area contributed by atoms with E-state index < -0.39 is 5.97 Å². The molecule has 1 radical (unpaired) electrons. The molecule has 0 aromatic heterocycles. The number of hydrogen-bond acceptors (Lipinski definition) is 3. The Hall–Kier alpha value is -2.55. The Balaban J connectivity index is 1.93. The van der Waals surface area contributed by atoms with Crippen molar-refractivity contribution in [2.24, 2.45) is 0 Å². The van der Waals surface area contributed by atoms with Crippen LogP contribution in [0, 0.1) is 6.92 Å². The maximum atomic E-state index is 11.9. The number of ether oxygens (including phenoxy) is 1. The van der Waals surface area contributed by atoms with Crippen molar-refractivity contribution in [3.8, 4) is 0 Å². The van der Waals surface area contributed by atoms with Crippen LogP contribution in [-0.4, -0.2) is 12.6 Å². The normalized spacial score (nSPS) is 10.7. The Morgan fingerprint density at radius 1 is 1.20 bits per heavy atom. The average Bonchev–Trinajstić information content (AvgIpc) is 2.47. The number of carbonyl (C=O) groups is 1. The highest BCUT2D eigenvalue weighted by molar-refractivity contribution is 5.92. The molecule has 0 spiro atoms. The molecule has 2 aromatic rings. The summed E-state index contributed by atoms with van der Waals surface area (Å²) in [5.41, 5.74) is 8.23. The van der Waals surface area contributed by atoms with E-state index in [0.29, 0.717) is 16.8 Å². The third-order valence-corrected chi connectivity index (χ3v) is 2.77. The molecule has 0 atom stereocenters. The van der Waals surface area contributed by atoms with Gasteiger partial charge in [-0.25, -0.2) is 4.79 Å². The third-order valence-electron chi connectivity index (χ3n) is 2.77. The van der Waals surface area contributed by atoms with Gasteiger partial charge in [0.05, 0.1) is 5.56 Å². The number of benzene rings is 2. The van der Waals surface area contributed by atoms with Gasteiger partial charge in [-0.1, -0.05) is 42.5 Å². The number of carbonyl (C=O) groups excluding carboxylic acids is 1. The van der Waals surface area contributed by atoms with Crippen molar-refractivity contribution in [3.05, 3.63) is 78.2 Å². The van der Waals surface area contributed by atoms with Crippen molar-refractivity contribution in [2.45, 2.75) is 0 Å². The highest BCUT2D eigenvalue weighted by Crippen LogP contribution is 2.13. The molecular formula is C17H16NO2. The number of hydrogen-bond donors (Lipinski definition) is 1. The highest BCUT2D eigenvalue weighted by Gasteiger charge is 2.09. The van der Waals surface area contributed by atoms with Crippen molar-refractivity contribution >= 4 is 17.7 Å². The fourth-order valence-corrected chi connectivity index (χ4v) is 1.73. The minimum absolute atomic E-state index is 0.210. The first-order chi connectivity index (χ1) is 9.66. The summed E-state index contributed by atoms with van der Waals surface area (Å²) in [5.74, 6) is -0.417. The Bertz CT molecular complexity index is 618. The fourth-order valence-electron chi connectivity index (χ4n) is 1.73. The topological polar surface area (TPSA) is 52.3 Å². The SMILES string of the molecule is [CH2]c1ccc(N)cc1C(=O)OC/C=C/c1ccccc1. The first kappa shape index (κ1) is 13.9. The minimum atomic E-state index is -0.417. The van der Waals surface area contributed by atoms with Gasteiger partial charge < -0.3 is 10.5 Å². The largest absolute Gasteiger partial charge is 0.458 e. The number of rotatable bonds is 4. The summed E-state index contributed by atoms with van der Waals surface area (Å²) in [5, 5.41) is 0. The van der Waals surface area contributed by atoms with E-state index in [9.17, 15) is 4.79 Å². The van der Waals surface area contributed by atoms with Crippen LogP contribution in [0.5, 0.6) is 0 Å². The molecule has 0 amide bonds. The van der Waals surface area contributed by atoms with Crippen molar-refractivity contribution in [2.75, 3.05) is 12.3 Å². The highest BCUT2D eigenvalue weighted by atomic mass is 16.5. The zero-order valence-corrected chi connectivity index (χ0v) is 11.1. The monoisotopic (exact) mass is 266 g/mol. The molecule has 0 heterocycles. The summed E-state index contributed by atoms with van der Waals surface area (Å²) < 4.78 is 5.16. The quantitative estimate of drug-likeness (QED) is 0.682. The van der Waals surface area contributed by atoms with E-state index in [-0.39, 0.29) is 6.61 Å².